The molecule has 2 N–H and O–H groups in total. The van der Waals surface area contributed by atoms with Gasteiger partial charge in [0, 0.05) is 6.42 Å². The van der Waals surface area contributed by atoms with Crippen LogP contribution in [0.25, 0.3) is 0 Å². The number of amides is 1. The minimum atomic E-state index is -1.10. The Hall–Kier alpha value is -2.24. The number of nitrogens with one attached hydrogen (secondary N) is 1. The molecule has 0 aliphatic heterocycles. The van der Waals surface area contributed by atoms with Gasteiger partial charge in [0.25, 0.3) is 0 Å². The normalized spacial score (nSPS) is 12.5. The number of carboxylic acid groups (broad SMARTS) is 1. The molecule has 0 saturated carbocycles. The van der Waals surface area contributed by atoms with Gasteiger partial charge in [-0.2, -0.15) is 0 Å². The van der Waals surface area contributed by atoms with Gasteiger partial charge >= 0.3 is 12.1 Å². The Labute approximate surface area is 143 Å². The number of aliphatic carboxylic acids is 1. The standard InChI is InChI=1S/C18H27NO5/c1-10-8-15(23-7)12(3)11(2)13(10)9-14(16(20)21)19-17(22)24-18(4,5)6/h8,14H,9H2,1-7H3,(H,19,22)(H,20,21). The summed E-state index contributed by atoms with van der Waals surface area (Å²) in [6.07, 6.45) is -0.563. The van der Waals surface area contributed by atoms with Gasteiger partial charge < -0.3 is 19.9 Å². The topological polar surface area (TPSA) is 84.9 Å². The lowest BCUT2D eigenvalue weighted by Gasteiger charge is -2.23. The molecule has 0 fully saturated rings. The number of carbonyl (C=O) groups excluding carboxylic acids is 1. The molecule has 0 bridgehead atoms. The number of carboxylic acids is 1. The minimum Gasteiger partial charge on any atom is -0.496 e. The number of aryl methyl sites for hydroxylation is 1. The van der Waals surface area contributed by atoms with Gasteiger partial charge in [-0.1, -0.05) is 0 Å². The van der Waals surface area contributed by atoms with Gasteiger partial charge in [-0.25, -0.2) is 9.59 Å². The van der Waals surface area contributed by atoms with Crippen LogP contribution in [0.4, 0.5) is 4.79 Å². The number of methoxy groups -OCH3 is 1. The average molecular weight is 337 g/mol. The Morgan fingerprint density at radius 3 is 2.25 bits per heavy atom. The van der Waals surface area contributed by atoms with E-state index in [2.05, 4.69) is 5.32 Å². The molecule has 1 rings (SSSR count). The van der Waals surface area contributed by atoms with Crippen LogP contribution in [0.1, 0.15) is 43.0 Å². The first-order chi connectivity index (χ1) is 11.0. The number of ether oxygens (including phenoxy) is 2. The molecule has 0 aliphatic rings. The van der Waals surface area contributed by atoms with Crippen molar-refractivity contribution in [2.75, 3.05) is 7.11 Å². The van der Waals surface area contributed by atoms with Crippen molar-refractivity contribution >= 4 is 12.1 Å². The van der Waals surface area contributed by atoms with Gasteiger partial charge in [0.15, 0.2) is 0 Å². The van der Waals surface area contributed by atoms with Gasteiger partial charge in [0.05, 0.1) is 7.11 Å². The molecule has 0 saturated heterocycles. The van der Waals surface area contributed by atoms with Crippen molar-refractivity contribution in [3.8, 4) is 5.75 Å². The molecule has 0 aromatic heterocycles. The summed E-state index contributed by atoms with van der Waals surface area (Å²) in [7, 11) is 1.60. The monoisotopic (exact) mass is 337 g/mol. The molecule has 0 spiro atoms. The van der Waals surface area contributed by atoms with E-state index in [1.807, 2.05) is 26.8 Å². The summed E-state index contributed by atoms with van der Waals surface area (Å²) in [6, 6.07) is 0.814. The highest BCUT2D eigenvalue weighted by Gasteiger charge is 2.26. The van der Waals surface area contributed by atoms with Crippen molar-refractivity contribution in [1.82, 2.24) is 5.32 Å². The van der Waals surface area contributed by atoms with E-state index in [-0.39, 0.29) is 6.42 Å². The Balaban J connectivity index is 3.04. The number of alkyl carbamates (subject to hydrolysis) is 1. The maximum Gasteiger partial charge on any atom is 0.408 e. The number of hydrogen-bond acceptors (Lipinski definition) is 4. The smallest absolute Gasteiger partial charge is 0.408 e. The lowest BCUT2D eigenvalue weighted by atomic mass is 9.92. The number of carbonyl (C=O) groups is 2. The highest BCUT2D eigenvalue weighted by molar-refractivity contribution is 5.80. The lowest BCUT2D eigenvalue weighted by Crippen LogP contribution is -2.44. The van der Waals surface area contributed by atoms with Crippen LogP contribution in [0, 0.1) is 20.8 Å². The van der Waals surface area contributed by atoms with E-state index in [0.29, 0.717) is 0 Å². The molecule has 6 heteroatoms. The zero-order chi connectivity index (χ0) is 18.7. The fraction of sp³-hybridized carbons (Fsp3) is 0.556. The molecule has 1 aromatic carbocycles. The molecular weight excluding hydrogens is 310 g/mol. The van der Waals surface area contributed by atoms with Gasteiger partial charge in [0.2, 0.25) is 0 Å². The Kier molecular flexibility index (Phi) is 6.23. The van der Waals surface area contributed by atoms with Crippen molar-refractivity contribution in [2.45, 2.75) is 59.6 Å². The van der Waals surface area contributed by atoms with Crippen LogP contribution in [-0.4, -0.2) is 35.9 Å². The van der Waals surface area contributed by atoms with E-state index in [1.165, 1.54) is 0 Å². The molecule has 1 aromatic rings. The van der Waals surface area contributed by atoms with Crippen LogP contribution < -0.4 is 10.1 Å². The second-order valence-corrected chi connectivity index (χ2v) is 6.87. The molecule has 1 unspecified atom stereocenters. The third-order valence-corrected chi connectivity index (χ3v) is 3.83. The third-order valence-electron chi connectivity index (χ3n) is 3.83. The van der Waals surface area contributed by atoms with Crippen LogP contribution in [0.5, 0.6) is 5.75 Å². The summed E-state index contributed by atoms with van der Waals surface area (Å²) in [5, 5.41) is 11.9. The van der Waals surface area contributed by atoms with Crippen LogP contribution in [-0.2, 0) is 16.0 Å². The van der Waals surface area contributed by atoms with Crippen LogP contribution in [0.3, 0.4) is 0 Å². The Morgan fingerprint density at radius 1 is 1.21 bits per heavy atom. The molecule has 1 amide bonds. The van der Waals surface area contributed by atoms with Crippen molar-refractivity contribution in [3.05, 3.63) is 28.3 Å². The average Bonchev–Trinajstić information content (AvgIpc) is 2.43. The van der Waals surface area contributed by atoms with E-state index >= 15 is 0 Å². The van der Waals surface area contributed by atoms with Crippen LogP contribution in [0.15, 0.2) is 6.07 Å². The maximum atomic E-state index is 11.9. The SMILES string of the molecule is COc1cc(C)c(CC(NC(=O)OC(C)(C)C)C(=O)O)c(C)c1C. The highest BCUT2D eigenvalue weighted by atomic mass is 16.6. The highest BCUT2D eigenvalue weighted by Crippen LogP contribution is 2.28. The molecule has 24 heavy (non-hydrogen) atoms. The largest absolute Gasteiger partial charge is 0.496 e. The second-order valence-electron chi connectivity index (χ2n) is 6.87. The molecule has 0 heterocycles. The Morgan fingerprint density at radius 2 is 1.79 bits per heavy atom. The molecule has 0 radical (unpaired) electrons. The van der Waals surface area contributed by atoms with E-state index in [4.69, 9.17) is 9.47 Å². The summed E-state index contributed by atoms with van der Waals surface area (Å²) in [5.41, 5.74) is 3.04. The predicted octanol–water partition coefficient (Wildman–Crippen LogP) is 3.14. The number of rotatable bonds is 5. The number of hydrogen-bond donors (Lipinski definition) is 2. The van der Waals surface area contributed by atoms with Gasteiger partial charge in [0.1, 0.15) is 17.4 Å². The van der Waals surface area contributed by atoms with E-state index < -0.39 is 23.7 Å². The van der Waals surface area contributed by atoms with Crippen molar-refractivity contribution in [2.24, 2.45) is 0 Å². The lowest BCUT2D eigenvalue weighted by molar-refractivity contribution is -0.139. The zero-order valence-electron chi connectivity index (χ0n) is 15.4. The van der Waals surface area contributed by atoms with Gasteiger partial charge in [-0.15, -0.1) is 0 Å². The third kappa shape index (κ3) is 5.15. The minimum absolute atomic E-state index is 0.178. The first-order valence-electron chi connectivity index (χ1n) is 7.82. The van der Waals surface area contributed by atoms with E-state index in [1.54, 1.807) is 27.9 Å². The Bertz CT molecular complexity index is 631. The molecule has 1 atom stereocenters. The van der Waals surface area contributed by atoms with Crippen LogP contribution >= 0.6 is 0 Å². The van der Waals surface area contributed by atoms with E-state index in [9.17, 15) is 14.7 Å². The molecule has 134 valence electrons. The first kappa shape index (κ1) is 19.8. The fourth-order valence-corrected chi connectivity index (χ4v) is 2.48. The summed E-state index contributed by atoms with van der Waals surface area (Å²) in [6.45, 7) is 10.9. The zero-order valence-corrected chi connectivity index (χ0v) is 15.4. The van der Waals surface area contributed by atoms with Gasteiger partial charge in [-0.05, 0) is 69.9 Å². The summed E-state index contributed by atoms with van der Waals surface area (Å²) < 4.78 is 10.5. The maximum absolute atomic E-state index is 11.9. The summed E-state index contributed by atoms with van der Waals surface area (Å²) in [5.74, 6) is -0.339. The summed E-state index contributed by atoms with van der Waals surface area (Å²) >= 11 is 0. The van der Waals surface area contributed by atoms with E-state index in [0.717, 1.165) is 28.0 Å². The molecule has 6 nitrogen and oxygen atoms in total. The summed E-state index contributed by atoms with van der Waals surface area (Å²) in [4.78, 5) is 23.4. The molecular formula is C18H27NO5. The fourth-order valence-electron chi connectivity index (χ4n) is 2.48. The van der Waals surface area contributed by atoms with Gasteiger partial charge in [-0.3, -0.25) is 0 Å². The molecule has 0 aliphatic carbocycles. The quantitative estimate of drug-likeness (QED) is 0.862. The van der Waals surface area contributed by atoms with Crippen molar-refractivity contribution < 1.29 is 24.2 Å². The number of benzene rings is 1. The van der Waals surface area contributed by atoms with Crippen LogP contribution in [0.2, 0.25) is 0 Å². The van der Waals surface area contributed by atoms with Crippen molar-refractivity contribution in [3.63, 3.8) is 0 Å². The first-order valence-corrected chi connectivity index (χ1v) is 7.82. The van der Waals surface area contributed by atoms with Crippen molar-refractivity contribution in [1.29, 1.82) is 0 Å². The predicted molar refractivity (Wildman–Crippen MR) is 91.7 cm³/mol. The second kappa shape index (κ2) is 7.55.